The van der Waals surface area contributed by atoms with Gasteiger partial charge >= 0.3 is 0 Å². The molecule has 1 aromatic heterocycles. The summed E-state index contributed by atoms with van der Waals surface area (Å²) >= 11 is 7.77. The molecule has 0 bridgehead atoms. The van der Waals surface area contributed by atoms with E-state index in [-0.39, 0.29) is 11.9 Å². The van der Waals surface area contributed by atoms with E-state index >= 15 is 0 Å². The van der Waals surface area contributed by atoms with Gasteiger partial charge in [-0.05, 0) is 42.5 Å². The van der Waals surface area contributed by atoms with Crippen molar-refractivity contribution in [3.05, 3.63) is 45.1 Å². The third-order valence-electron chi connectivity index (χ3n) is 3.96. The van der Waals surface area contributed by atoms with Gasteiger partial charge < -0.3 is 15.4 Å². The maximum absolute atomic E-state index is 11.8. The number of anilines is 1. The molecule has 2 N–H and O–H groups in total. The fourth-order valence-electron chi connectivity index (χ4n) is 2.51. The number of thiophene rings is 1. The van der Waals surface area contributed by atoms with E-state index in [2.05, 4.69) is 17.6 Å². The van der Waals surface area contributed by atoms with Gasteiger partial charge in [0, 0.05) is 17.5 Å². The van der Waals surface area contributed by atoms with E-state index < -0.39 is 6.10 Å². The largest absolute Gasteiger partial charge is 0.478 e. The summed E-state index contributed by atoms with van der Waals surface area (Å²) in [5, 5.41) is 9.15. The van der Waals surface area contributed by atoms with Crippen molar-refractivity contribution in [3.63, 3.8) is 0 Å². The molecule has 122 valence electrons. The van der Waals surface area contributed by atoms with Crippen LogP contribution in [0.25, 0.3) is 0 Å². The van der Waals surface area contributed by atoms with Crippen LogP contribution in [0.15, 0.2) is 29.6 Å². The number of nitrogens with one attached hydrogen (secondary N) is 2. The summed E-state index contributed by atoms with van der Waals surface area (Å²) in [5.41, 5.74) is 1.85. The Morgan fingerprint density at radius 2 is 2.26 bits per heavy atom. The number of amides is 1. The highest BCUT2D eigenvalue weighted by molar-refractivity contribution is 7.10. The van der Waals surface area contributed by atoms with Crippen LogP contribution in [-0.4, -0.2) is 12.0 Å². The lowest BCUT2D eigenvalue weighted by Gasteiger charge is -2.26. The summed E-state index contributed by atoms with van der Waals surface area (Å²) in [7, 11) is 0. The fourth-order valence-corrected chi connectivity index (χ4v) is 3.57. The molecule has 2 heterocycles. The molecule has 0 radical (unpaired) electrons. The molecule has 6 heteroatoms. The van der Waals surface area contributed by atoms with Crippen LogP contribution >= 0.6 is 22.9 Å². The summed E-state index contributed by atoms with van der Waals surface area (Å²) < 4.78 is 5.79. The lowest BCUT2D eigenvalue weighted by molar-refractivity contribution is -0.123. The minimum atomic E-state index is -0.411. The number of hydrogen-bond acceptors (Lipinski definition) is 4. The molecule has 0 unspecified atom stereocenters. The molecule has 3 rings (SSSR count). The average molecular weight is 351 g/mol. The van der Waals surface area contributed by atoms with Gasteiger partial charge in [-0.1, -0.05) is 24.6 Å². The number of fused-ring (bicyclic) bond motifs is 1. The first-order chi connectivity index (χ1) is 11.1. The van der Waals surface area contributed by atoms with Crippen molar-refractivity contribution in [3.8, 4) is 5.75 Å². The van der Waals surface area contributed by atoms with Crippen molar-refractivity contribution < 1.29 is 9.53 Å². The highest BCUT2D eigenvalue weighted by atomic mass is 35.5. The SMILES string of the molecule is CC[C@H]1Oc2cc([C@@H](C)NCc3sccc3Cl)ccc2NC1=O. The normalized spacial score (nSPS) is 18.0. The summed E-state index contributed by atoms with van der Waals surface area (Å²) in [4.78, 5) is 12.9. The van der Waals surface area contributed by atoms with E-state index in [1.807, 2.05) is 36.6 Å². The number of benzene rings is 1. The second kappa shape index (κ2) is 6.91. The first kappa shape index (κ1) is 16.3. The quantitative estimate of drug-likeness (QED) is 0.842. The molecule has 2 aromatic rings. The highest BCUT2D eigenvalue weighted by Crippen LogP contribution is 2.33. The fraction of sp³-hybridized carbons (Fsp3) is 0.353. The minimum Gasteiger partial charge on any atom is -0.478 e. The molecule has 0 fully saturated rings. The van der Waals surface area contributed by atoms with E-state index in [9.17, 15) is 4.79 Å². The number of carbonyl (C=O) groups is 1. The van der Waals surface area contributed by atoms with Crippen molar-refractivity contribution in [2.45, 2.75) is 39.0 Å². The Labute approximate surface area is 144 Å². The van der Waals surface area contributed by atoms with E-state index in [4.69, 9.17) is 16.3 Å². The molecule has 0 saturated heterocycles. The van der Waals surface area contributed by atoms with Crippen molar-refractivity contribution in [2.75, 3.05) is 5.32 Å². The number of rotatable bonds is 5. The summed E-state index contributed by atoms with van der Waals surface area (Å²) in [5.74, 6) is 0.656. The maximum atomic E-state index is 11.8. The standard InChI is InChI=1S/C17H19ClN2O2S/c1-3-14-17(21)20-13-5-4-11(8-15(13)22-14)10(2)19-9-16-12(18)6-7-23-16/h4-8,10,14,19H,3,9H2,1-2H3,(H,20,21)/t10-,14-/m1/s1. The molecule has 1 aliphatic rings. The summed E-state index contributed by atoms with van der Waals surface area (Å²) in [6.07, 6.45) is 0.242. The van der Waals surface area contributed by atoms with Crippen molar-refractivity contribution >= 4 is 34.5 Å². The van der Waals surface area contributed by atoms with Gasteiger partial charge in [0.25, 0.3) is 5.91 Å². The molecular formula is C17H19ClN2O2S. The van der Waals surface area contributed by atoms with Gasteiger partial charge in [-0.25, -0.2) is 0 Å². The zero-order valence-electron chi connectivity index (χ0n) is 13.1. The van der Waals surface area contributed by atoms with Crippen LogP contribution in [-0.2, 0) is 11.3 Å². The lowest BCUT2D eigenvalue weighted by Crippen LogP contribution is -2.36. The predicted molar refractivity (Wildman–Crippen MR) is 94.4 cm³/mol. The molecule has 23 heavy (non-hydrogen) atoms. The molecule has 1 aliphatic heterocycles. The lowest BCUT2D eigenvalue weighted by atomic mass is 10.1. The van der Waals surface area contributed by atoms with Gasteiger partial charge in [0.05, 0.1) is 10.7 Å². The Kier molecular flexibility index (Phi) is 4.90. The number of hydrogen-bond donors (Lipinski definition) is 2. The first-order valence-electron chi connectivity index (χ1n) is 7.65. The predicted octanol–water partition coefficient (Wildman–Crippen LogP) is 4.36. The Balaban J connectivity index is 1.71. The molecule has 0 saturated carbocycles. The molecular weight excluding hydrogens is 332 g/mol. The maximum Gasteiger partial charge on any atom is 0.265 e. The van der Waals surface area contributed by atoms with Crippen LogP contribution in [0.3, 0.4) is 0 Å². The highest BCUT2D eigenvalue weighted by Gasteiger charge is 2.26. The van der Waals surface area contributed by atoms with Gasteiger partial charge in [-0.15, -0.1) is 11.3 Å². The van der Waals surface area contributed by atoms with E-state index in [0.717, 1.165) is 33.4 Å². The van der Waals surface area contributed by atoms with Crippen LogP contribution in [0, 0.1) is 0 Å². The second-order valence-corrected chi connectivity index (χ2v) is 6.96. The third kappa shape index (κ3) is 3.52. The number of halogens is 1. The Hall–Kier alpha value is -1.56. The Morgan fingerprint density at radius 1 is 1.43 bits per heavy atom. The molecule has 0 spiro atoms. The van der Waals surface area contributed by atoms with Gasteiger partial charge in [0.2, 0.25) is 0 Å². The van der Waals surface area contributed by atoms with Gasteiger partial charge in [-0.3, -0.25) is 4.79 Å². The smallest absolute Gasteiger partial charge is 0.265 e. The molecule has 1 amide bonds. The zero-order chi connectivity index (χ0) is 16.4. The van der Waals surface area contributed by atoms with E-state index in [0.29, 0.717) is 6.42 Å². The van der Waals surface area contributed by atoms with Crippen LogP contribution in [0.4, 0.5) is 5.69 Å². The van der Waals surface area contributed by atoms with Crippen LogP contribution in [0.5, 0.6) is 5.75 Å². The number of ether oxygens (including phenoxy) is 1. The summed E-state index contributed by atoms with van der Waals surface area (Å²) in [6.45, 7) is 4.76. The van der Waals surface area contributed by atoms with E-state index in [1.165, 1.54) is 0 Å². The Bertz CT molecular complexity index is 716. The molecule has 1 aromatic carbocycles. The van der Waals surface area contributed by atoms with Gasteiger partial charge in [0.1, 0.15) is 5.75 Å². The number of carbonyl (C=O) groups excluding carboxylic acids is 1. The van der Waals surface area contributed by atoms with Gasteiger partial charge in [0.15, 0.2) is 6.10 Å². The van der Waals surface area contributed by atoms with Crippen LogP contribution < -0.4 is 15.4 Å². The second-order valence-electron chi connectivity index (χ2n) is 5.55. The van der Waals surface area contributed by atoms with Crippen LogP contribution in [0.2, 0.25) is 5.02 Å². The van der Waals surface area contributed by atoms with Crippen molar-refractivity contribution in [2.24, 2.45) is 0 Å². The molecule has 4 nitrogen and oxygen atoms in total. The Morgan fingerprint density at radius 3 is 2.96 bits per heavy atom. The van der Waals surface area contributed by atoms with Crippen molar-refractivity contribution in [1.82, 2.24) is 5.32 Å². The zero-order valence-corrected chi connectivity index (χ0v) is 14.6. The van der Waals surface area contributed by atoms with Gasteiger partial charge in [-0.2, -0.15) is 0 Å². The van der Waals surface area contributed by atoms with E-state index in [1.54, 1.807) is 11.3 Å². The monoisotopic (exact) mass is 350 g/mol. The molecule has 2 atom stereocenters. The minimum absolute atomic E-state index is 0.0775. The third-order valence-corrected chi connectivity index (χ3v) is 5.34. The molecule has 0 aliphatic carbocycles. The first-order valence-corrected chi connectivity index (χ1v) is 8.91. The average Bonchev–Trinajstić information content (AvgIpc) is 2.96. The van der Waals surface area contributed by atoms with Crippen LogP contribution in [0.1, 0.15) is 36.8 Å². The van der Waals surface area contributed by atoms with Crippen molar-refractivity contribution in [1.29, 1.82) is 0 Å². The summed E-state index contributed by atoms with van der Waals surface area (Å²) in [6, 6.07) is 7.95. The topological polar surface area (TPSA) is 50.4 Å².